The van der Waals surface area contributed by atoms with Gasteiger partial charge in [-0.05, 0) is 81.1 Å². The van der Waals surface area contributed by atoms with Crippen LogP contribution in [0.3, 0.4) is 0 Å². The van der Waals surface area contributed by atoms with Crippen LogP contribution < -0.4 is 10.3 Å². The minimum absolute atomic E-state index is 0.0923. The lowest BCUT2D eigenvalue weighted by Gasteiger charge is -2.30. The van der Waals surface area contributed by atoms with E-state index in [1.54, 1.807) is 22.6 Å². The van der Waals surface area contributed by atoms with Crippen LogP contribution in [0.15, 0.2) is 71.5 Å². The van der Waals surface area contributed by atoms with Crippen LogP contribution in [-0.2, 0) is 6.42 Å². The Morgan fingerprint density at radius 2 is 1.76 bits per heavy atom. The maximum Gasteiger partial charge on any atom is 0.266 e. The number of hydrogen-bond donors (Lipinski definition) is 0. The van der Waals surface area contributed by atoms with Gasteiger partial charge >= 0.3 is 0 Å². The number of aromatic nitrogens is 2. The summed E-state index contributed by atoms with van der Waals surface area (Å²) in [6.07, 6.45) is 4.55. The normalized spacial score (nSPS) is 11.9. The summed E-state index contributed by atoms with van der Waals surface area (Å²) >= 11 is 0. The third kappa shape index (κ3) is 5.49. The summed E-state index contributed by atoms with van der Waals surface area (Å²) in [4.78, 5) is 34.3. The van der Waals surface area contributed by atoms with Gasteiger partial charge in [-0.1, -0.05) is 50.1 Å². The van der Waals surface area contributed by atoms with Gasteiger partial charge < -0.3 is 9.64 Å². The van der Waals surface area contributed by atoms with E-state index >= 15 is 0 Å². The Kier molecular flexibility index (Phi) is 8.62. The fourth-order valence-corrected chi connectivity index (χ4v) is 4.93. The van der Waals surface area contributed by atoms with E-state index in [1.807, 2.05) is 81.4 Å². The highest BCUT2D eigenvalue weighted by Crippen LogP contribution is 2.29. The van der Waals surface area contributed by atoms with Crippen LogP contribution >= 0.6 is 0 Å². The maximum atomic E-state index is 13.9. The Hall–Kier alpha value is -3.93. The van der Waals surface area contributed by atoms with Crippen molar-refractivity contribution in [2.45, 2.75) is 59.4 Å². The van der Waals surface area contributed by atoms with Gasteiger partial charge in [-0.3, -0.25) is 14.2 Å². The van der Waals surface area contributed by atoms with Crippen LogP contribution in [0.1, 0.15) is 73.4 Å². The number of carbonyl (C=O) groups is 1. The SMILES string of the molecule is CCCCCc1ccc(C(=O)N(CC)C(C)c2nc3ccccc3c(=O)n2-c2cc(C)ccc2OC)cc1. The number of benzene rings is 3. The predicted octanol–water partition coefficient (Wildman–Crippen LogP) is 6.66. The molecule has 4 aromatic rings. The van der Waals surface area contributed by atoms with Crippen molar-refractivity contribution in [2.24, 2.45) is 0 Å². The highest BCUT2D eigenvalue weighted by Gasteiger charge is 2.27. The number of para-hydroxylation sites is 1. The maximum absolute atomic E-state index is 13.9. The molecule has 1 unspecified atom stereocenters. The van der Waals surface area contributed by atoms with Crippen molar-refractivity contribution in [1.29, 1.82) is 0 Å². The summed E-state index contributed by atoms with van der Waals surface area (Å²) in [6.45, 7) is 8.51. The Balaban J connectivity index is 1.79. The summed E-state index contributed by atoms with van der Waals surface area (Å²) in [5.41, 5.74) is 3.87. The Morgan fingerprint density at radius 1 is 1.03 bits per heavy atom. The van der Waals surface area contributed by atoms with E-state index in [1.165, 1.54) is 18.4 Å². The van der Waals surface area contributed by atoms with Crippen molar-refractivity contribution in [3.63, 3.8) is 0 Å². The summed E-state index contributed by atoms with van der Waals surface area (Å²) < 4.78 is 7.24. The molecule has 0 aliphatic rings. The first-order valence-corrected chi connectivity index (χ1v) is 13.5. The molecule has 0 saturated heterocycles. The monoisotopic (exact) mass is 511 g/mol. The van der Waals surface area contributed by atoms with Crippen molar-refractivity contribution < 1.29 is 9.53 Å². The second-order valence-electron chi connectivity index (χ2n) is 9.72. The number of aryl methyl sites for hydroxylation is 2. The molecule has 0 aliphatic heterocycles. The molecule has 1 aromatic heterocycles. The van der Waals surface area contributed by atoms with E-state index in [2.05, 4.69) is 6.92 Å². The third-order valence-electron chi connectivity index (χ3n) is 7.09. The number of carbonyl (C=O) groups excluding carboxylic acids is 1. The first-order valence-electron chi connectivity index (χ1n) is 13.5. The number of rotatable bonds is 10. The van der Waals surface area contributed by atoms with E-state index in [0.29, 0.717) is 40.3 Å². The molecule has 198 valence electrons. The summed E-state index contributed by atoms with van der Waals surface area (Å²) in [6, 6.07) is 20.5. The summed E-state index contributed by atoms with van der Waals surface area (Å²) in [5, 5.41) is 0.514. The molecule has 38 heavy (non-hydrogen) atoms. The van der Waals surface area contributed by atoms with Gasteiger partial charge in [-0.25, -0.2) is 4.98 Å². The zero-order valence-electron chi connectivity index (χ0n) is 23.0. The number of fused-ring (bicyclic) bond motifs is 1. The van der Waals surface area contributed by atoms with Crippen LogP contribution in [0.5, 0.6) is 5.75 Å². The molecule has 3 aromatic carbocycles. The van der Waals surface area contributed by atoms with Gasteiger partial charge in [0.2, 0.25) is 0 Å². The van der Waals surface area contributed by atoms with Crippen molar-refractivity contribution in [3.8, 4) is 11.4 Å². The molecule has 4 rings (SSSR count). The van der Waals surface area contributed by atoms with Crippen molar-refractivity contribution in [2.75, 3.05) is 13.7 Å². The lowest BCUT2D eigenvalue weighted by molar-refractivity contribution is 0.0693. The number of nitrogens with zero attached hydrogens (tertiary/aromatic N) is 3. The number of amides is 1. The second-order valence-corrected chi connectivity index (χ2v) is 9.72. The molecule has 1 atom stereocenters. The van der Waals surface area contributed by atoms with E-state index in [0.717, 1.165) is 18.4 Å². The third-order valence-corrected chi connectivity index (χ3v) is 7.09. The van der Waals surface area contributed by atoms with Crippen LogP contribution in [0.25, 0.3) is 16.6 Å². The quantitative estimate of drug-likeness (QED) is 0.223. The molecule has 6 nitrogen and oxygen atoms in total. The summed E-state index contributed by atoms with van der Waals surface area (Å²) in [7, 11) is 1.59. The van der Waals surface area contributed by atoms with Crippen LogP contribution in [0, 0.1) is 6.92 Å². The molecule has 0 radical (unpaired) electrons. The lowest BCUT2D eigenvalue weighted by Crippen LogP contribution is -2.37. The smallest absolute Gasteiger partial charge is 0.266 e. The van der Waals surface area contributed by atoms with E-state index in [-0.39, 0.29) is 11.5 Å². The highest BCUT2D eigenvalue weighted by atomic mass is 16.5. The molecule has 6 heteroatoms. The highest BCUT2D eigenvalue weighted by molar-refractivity contribution is 5.94. The van der Waals surface area contributed by atoms with Gasteiger partial charge in [-0.15, -0.1) is 0 Å². The van der Waals surface area contributed by atoms with E-state index in [9.17, 15) is 9.59 Å². The zero-order valence-corrected chi connectivity index (χ0v) is 23.0. The summed E-state index contributed by atoms with van der Waals surface area (Å²) in [5.74, 6) is 0.963. The number of methoxy groups -OCH3 is 1. The number of unbranched alkanes of at least 4 members (excludes halogenated alkanes) is 2. The molecule has 0 fully saturated rings. The number of ether oxygens (including phenoxy) is 1. The predicted molar refractivity (Wildman–Crippen MR) is 153 cm³/mol. The van der Waals surface area contributed by atoms with E-state index < -0.39 is 6.04 Å². The molecule has 0 spiro atoms. The first kappa shape index (κ1) is 27.1. The molecule has 1 amide bonds. The van der Waals surface area contributed by atoms with Gasteiger partial charge in [0.1, 0.15) is 11.6 Å². The van der Waals surface area contributed by atoms with Crippen LogP contribution in [0.2, 0.25) is 0 Å². The van der Waals surface area contributed by atoms with Gasteiger partial charge in [0, 0.05) is 12.1 Å². The fraction of sp³-hybridized carbons (Fsp3) is 0.344. The van der Waals surface area contributed by atoms with Crippen molar-refractivity contribution in [3.05, 3.63) is 99.6 Å². The van der Waals surface area contributed by atoms with Gasteiger partial charge in [-0.2, -0.15) is 0 Å². The first-order chi connectivity index (χ1) is 18.4. The van der Waals surface area contributed by atoms with Crippen molar-refractivity contribution in [1.82, 2.24) is 14.5 Å². The molecular formula is C32H37N3O3. The standard InChI is InChI=1S/C32H37N3O3/c1-6-8-9-12-24-16-18-25(19-17-24)31(36)34(7-2)23(4)30-33-27-14-11-10-13-26(27)32(37)35(30)28-21-22(3)15-20-29(28)38-5/h10-11,13-21,23H,6-9,12H2,1-5H3. The molecule has 0 saturated carbocycles. The van der Waals surface area contributed by atoms with Gasteiger partial charge in [0.25, 0.3) is 11.5 Å². The van der Waals surface area contributed by atoms with Crippen LogP contribution in [0.4, 0.5) is 0 Å². The molecular weight excluding hydrogens is 474 g/mol. The van der Waals surface area contributed by atoms with Gasteiger partial charge in [0.05, 0.1) is 29.7 Å². The zero-order chi connectivity index (χ0) is 27.2. The molecule has 0 bridgehead atoms. The number of hydrogen-bond acceptors (Lipinski definition) is 4. The largest absolute Gasteiger partial charge is 0.495 e. The lowest BCUT2D eigenvalue weighted by atomic mass is 10.0. The Morgan fingerprint density at radius 3 is 2.45 bits per heavy atom. The average Bonchev–Trinajstić information content (AvgIpc) is 2.93. The Labute approximate surface area is 224 Å². The fourth-order valence-electron chi connectivity index (χ4n) is 4.93. The van der Waals surface area contributed by atoms with E-state index in [4.69, 9.17) is 9.72 Å². The average molecular weight is 512 g/mol. The second kappa shape index (κ2) is 12.1. The Bertz CT molecular complexity index is 1470. The van der Waals surface area contributed by atoms with Crippen molar-refractivity contribution >= 4 is 16.8 Å². The molecule has 0 N–H and O–H groups in total. The van der Waals surface area contributed by atoms with Gasteiger partial charge in [0.15, 0.2) is 0 Å². The minimum atomic E-state index is -0.473. The minimum Gasteiger partial charge on any atom is -0.495 e. The van der Waals surface area contributed by atoms with Crippen LogP contribution in [-0.4, -0.2) is 34.0 Å². The molecule has 0 aliphatic carbocycles. The molecule has 1 heterocycles. The topological polar surface area (TPSA) is 64.4 Å².